The number of amidine groups is 1. The van der Waals surface area contributed by atoms with Crippen LogP contribution in [-0.2, 0) is 0 Å². The van der Waals surface area contributed by atoms with Gasteiger partial charge in [0.15, 0.2) is 0 Å². The lowest BCUT2D eigenvalue weighted by molar-refractivity contribution is 0.965. The fraction of sp³-hybridized carbons (Fsp3) is 0.294. The molecule has 0 atom stereocenters. The summed E-state index contributed by atoms with van der Waals surface area (Å²) in [6, 6.07) is 10.1. The number of hydrogen-bond donors (Lipinski definition) is 2. The largest absolute Gasteiger partial charge is 0.384 e. The molecule has 0 saturated heterocycles. The lowest BCUT2D eigenvalue weighted by atomic mass is 10.1. The number of rotatable bonds is 4. The SMILES string of the molecule is CCN(c1ccccc1C)c1nc(C)cc(C)c1C(=N)N. The van der Waals surface area contributed by atoms with Crippen molar-refractivity contribution in [1.29, 1.82) is 5.41 Å². The summed E-state index contributed by atoms with van der Waals surface area (Å²) in [5, 5.41) is 7.88. The van der Waals surface area contributed by atoms with Crippen molar-refractivity contribution in [2.75, 3.05) is 11.4 Å². The first kappa shape index (κ1) is 15.0. The molecule has 1 aromatic heterocycles. The average molecular weight is 282 g/mol. The number of nitrogens with one attached hydrogen (secondary N) is 1. The van der Waals surface area contributed by atoms with Gasteiger partial charge >= 0.3 is 0 Å². The summed E-state index contributed by atoms with van der Waals surface area (Å²) in [5.74, 6) is 0.818. The van der Waals surface area contributed by atoms with Crippen LogP contribution in [0.5, 0.6) is 0 Å². The van der Waals surface area contributed by atoms with Crippen LogP contribution in [0.25, 0.3) is 0 Å². The molecule has 0 bridgehead atoms. The molecule has 0 aliphatic heterocycles. The lowest BCUT2D eigenvalue weighted by Crippen LogP contribution is -2.25. The van der Waals surface area contributed by atoms with Gasteiger partial charge in [0, 0.05) is 17.9 Å². The van der Waals surface area contributed by atoms with E-state index < -0.39 is 0 Å². The van der Waals surface area contributed by atoms with E-state index in [2.05, 4.69) is 35.9 Å². The molecule has 21 heavy (non-hydrogen) atoms. The topological polar surface area (TPSA) is 66.0 Å². The highest BCUT2D eigenvalue weighted by Gasteiger charge is 2.19. The predicted octanol–water partition coefficient (Wildman–Crippen LogP) is 3.45. The third-order valence-electron chi connectivity index (χ3n) is 3.57. The van der Waals surface area contributed by atoms with Crippen LogP contribution in [0.2, 0.25) is 0 Å². The maximum absolute atomic E-state index is 7.88. The molecule has 0 spiro atoms. The van der Waals surface area contributed by atoms with Crippen molar-refractivity contribution < 1.29 is 0 Å². The minimum atomic E-state index is 0.0574. The second-order valence-corrected chi connectivity index (χ2v) is 5.22. The number of pyridine rings is 1. The molecule has 1 heterocycles. The molecule has 0 radical (unpaired) electrons. The van der Waals surface area contributed by atoms with E-state index in [1.165, 1.54) is 5.56 Å². The average Bonchev–Trinajstić information content (AvgIpc) is 2.40. The summed E-state index contributed by atoms with van der Waals surface area (Å²) in [5.41, 5.74) is 10.7. The Balaban J connectivity index is 2.68. The monoisotopic (exact) mass is 282 g/mol. The predicted molar refractivity (Wildman–Crippen MR) is 88.6 cm³/mol. The Morgan fingerprint density at radius 2 is 1.86 bits per heavy atom. The second-order valence-electron chi connectivity index (χ2n) is 5.22. The fourth-order valence-corrected chi connectivity index (χ4v) is 2.65. The number of aryl methyl sites for hydroxylation is 3. The number of hydrogen-bond acceptors (Lipinski definition) is 3. The number of anilines is 2. The summed E-state index contributed by atoms with van der Waals surface area (Å²) in [4.78, 5) is 6.77. The van der Waals surface area contributed by atoms with Crippen LogP contribution in [0.4, 0.5) is 11.5 Å². The van der Waals surface area contributed by atoms with Crippen LogP contribution in [-0.4, -0.2) is 17.4 Å². The zero-order valence-electron chi connectivity index (χ0n) is 13.1. The highest BCUT2D eigenvalue weighted by molar-refractivity contribution is 6.01. The van der Waals surface area contributed by atoms with Crippen LogP contribution < -0.4 is 10.6 Å². The molecule has 2 aromatic rings. The number of aromatic nitrogens is 1. The second kappa shape index (κ2) is 5.95. The van der Waals surface area contributed by atoms with Crippen molar-refractivity contribution in [3.05, 3.63) is 52.7 Å². The van der Waals surface area contributed by atoms with Crippen LogP contribution in [0, 0.1) is 26.2 Å². The molecule has 0 fully saturated rings. The van der Waals surface area contributed by atoms with Crippen LogP contribution >= 0.6 is 0 Å². The molecule has 110 valence electrons. The molecule has 0 unspecified atom stereocenters. The van der Waals surface area contributed by atoms with Gasteiger partial charge in [-0.1, -0.05) is 18.2 Å². The first-order valence-corrected chi connectivity index (χ1v) is 7.11. The molecule has 3 N–H and O–H groups in total. The van der Waals surface area contributed by atoms with E-state index in [-0.39, 0.29) is 5.84 Å². The summed E-state index contributed by atoms with van der Waals surface area (Å²) in [6.45, 7) is 8.86. The molecule has 0 saturated carbocycles. The Kier molecular flexibility index (Phi) is 4.26. The first-order valence-electron chi connectivity index (χ1n) is 7.11. The number of para-hydroxylation sites is 1. The summed E-state index contributed by atoms with van der Waals surface area (Å²) >= 11 is 0. The molecule has 1 aromatic carbocycles. The van der Waals surface area contributed by atoms with Gasteiger partial charge in [-0.15, -0.1) is 0 Å². The summed E-state index contributed by atoms with van der Waals surface area (Å²) < 4.78 is 0. The van der Waals surface area contributed by atoms with E-state index in [1.54, 1.807) is 0 Å². The van der Waals surface area contributed by atoms with Gasteiger partial charge in [0.25, 0.3) is 0 Å². The van der Waals surface area contributed by atoms with Gasteiger partial charge in [0.1, 0.15) is 11.7 Å². The minimum Gasteiger partial charge on any atom is -0.384 e. The smallest absolute Gasteiger partial charge is 0.144 e. The molecule has 0 amide bonds. The van der Waals surface area contributed by atoms with Crippen LogP contribution in [0.15, 0.2) is 30.3 Å². The normalized spacial score (nSPS) is 10.5. The maximum atomic E-state index is 7.88. The van der Waals surface area contributed by atoms with Gasteiger partial charge in [-0.25, -0.2) is 4.98 Å². The number of nitrogens with zero attached hydrogens (tertiary/aromatic N) is 2. The van der Waals surface area contributed by atoms with Gasteiger partial charge in [-0.05, 0) is 51.0 Å². The van der Waals surface area contributed by atoms with Crippen molar-refractivity contribution in [2.24, 2.45) is 5.73 Å². The third-order valence-corrected chi connectivity index (χ3v) is 3.57. The molecular weight excluding hydrogens is 260 g/mol. The zero-order chi connectivity index (χ0) is 15.6. The van der Waals surface area contributed by atoms with E-state index in [0.29, 0.717) is 5.56 Å². The molecule has 0 aliphatic rings. The van der Waals surface area contributed by atoms with E-state index in [0.717, 1.165) is 29.3 Å². The standard InChI is InChI=1S/C17H22N4/c1-5-21(14-9-7-6-8-11(14)2)17-15(16(18)19)12(3)10-13(4)20-17/h6-10H,5H2,1-4H3,(H3,18,19). The van der Waals surface area contributed by atoms with Crippen molar-refractivity contribution in [3.8, 4) is 0 Å². The molecule has 0 aliphatic carbocycles. The van der Waals surface area contributed by atoms with E-state index >= 15 is 0 Å². The molecular formula is C17H22N4. The third kappa shape index (κ3) is 2.89. The van der Waals surface area contributed by atoms with E-state index in [9.17, 15) is 0 Å². The Bertz CT molecular complexity index is 676. The van der Waals surface area contributed by atoms with Gasteiger partial charge in [0.2, 0.25) is 0 Å². The van der Waals surface area contributed by atoms with Crippen LogP contribution in [0.1, 0.15) is 29.3 Å². The van der Waals surface area contributed by atoms with E-state index in [4.69, 9.17) is 11.1 Å². The van der Waals surface area contributed by atoms with Crippen molar-refractivity contribution >= 4 is 17.3 Å². The molecule has 4 heteroatoms. The Hall–Kier alpha value is -2.36. The maximum Gasteiger partial charge on any atom is 0.144 e. The van der Waals surface area contributed by atoms with Crippen molar-refractivity contribution in [3.63, 3.8) is 0 Å². The number of nitrogens with two attached hydrogens (primary N) is 1. The van der Waals surface area contributed by atoms with Gasteiger partial charge in [-0.3, -0.25) is 5.41 Å². The Morgan fingerprint density at radius 3 is 2.43 bits per heavy atom. The number of benzene rings is 1. The van der Waals surface area contributed by atoms with Crippen molar-refractivity contribution in [1.82, 2.24) is 4.98 Å². The van der Waals surface area contributed by atoms with E-state index in [1.807, 2.05) is 32.0 Å². The van der Waals surface area contributed by atoms with Gasteiger partial charge < -0.3 is 10.6 Å². The highest BCUT2D eigenvalue weighted by atomic mass is 15.2. The summed E-state index contributed by atoms with van der Waals surface area (Å²) in [7, 11) is 0. The lowest BCUT2D eigenvalue weighted by Gasteiger charge is -2.27. The Labute approximate surface area is 126 Å². The fourth-order valence-electron chi connectivity index (χ4n) is 2.65. The zero-order valence-corrected chi connectivity index (χ0v) is 13.1. The summed E-state index contributed by atoms with van der Waals surface area (Å²) in [6.07, 6.45) is 0. The van der Waals surface area contributed by atoms with Crippen molar-refractivity contribution in [2.45, 2.75) is 27.7 Å². The first-order chi connectivity index (χ1) is 9.95. The minimum absolute atomic E-state index is 0.0574. The van der Waals surface area contributed by atoms with Crippen LogP contribution in [0.3, 0.4) is 0 Å². The number of nitrogen functional groups attached to an aromatic ring is 1. The molecule has 4 nitrogen and oxygen atoms in total. The van der Waals surface area contributed by atoms with Gasteiger partial charge in [-0.2, -0.15) is 0 Å². The molecule has 2 rings (SSSR count). The highest BCUT2D eigenvalue weighted by Crippen LogP contribution is 2.30. The van der Waals surface area contributed by atoms with Gasteiger partial charge in [0.05, 0.1) is 5.56 Å². The Morgan fingerprint density at radius 1 is 1.19 bits per heavy atom. The quantitative estimate of drug-likeness (QED) is 0.666.